The lowest BCUT2D eigenvalue weighted by atomic mass is 9.99. The zero-order valence-electron chi connectivity index (χ0n) is 21.0. The quantitative estimate of drug-likeness (QED) is 0.183. The molecule has 38 heavy (non-hydrogen) atoms. The summed E-state index contributed by atoms with van der Waals surface area (Å²) in [5.74, 6) is 0.591. The zero-order valence-corrected chi connectivity index (χ0v) is 22.6. The first kappa shape index (κ1) is 26.0. The summed E-state index contributed by atoms with van der Waals surface area (Å²) in [6.45, 7) is 1.06. The third kappa shape index (κ3) is 5.77. The van der Waals surface area contributed by atoms with Crippen LogP contribution in [-0.2, 0) is 6.42 Å². The molecule has 4 aromatic rings. The largest absolute Gasteiger partial charge is 0.491 e. The van der Waals surface area contributed by atoms with Gasteiger partial charge in [-0.3, -0.25) is 9.59 Å². The number of alkyl halides is 1. The SMILES string of the molecule is O=C(Nc1ccc(C(=O)N2CCCCc3sccc32)cc1OCCCCl)c1ccccc1-c1ccccc1. The Morgan fingerprint density at radius 3 is 2.63 bits per heavy atom. The van der Waals surface area contributed by atoms with E-state index in [4.69, 9.17) is 16.3 Å². The van der Waals surface area contributed by atoms with Crippen LogP contribution in [0, 0.1) is 0 Å². The minimum absolute atomic E-state index is 0.0685. The maximum Gasteiger partial charge on any atom is 0.258 e. The van der Waals surface area contributed by atoms with Crippen LogP contribution < -0.4 is 15.0 Å². The molecule has 5 nitrogen and oxygen atoms in total. The summed E-state index contributed by atoms with van der Waals surface area (Å²) in [6, 6.07) is 24.6. The third-order valence-corrected chi connectivity index (χ3v) is 7.80. The monoisotopic (exact) mass is 544 g/mol. The highest BCUT2D eigenvalue weighted by Crippen LogP contribution is 2.34. The Kier molecular flexibility index (Phi) is 8.41. The van der Waals surface area contributed by atoms with Gasteiger partial charge in [-0.15, -0.1) is 22.9 Å². The van der Waals surface area contributed by atoms with Gasteiger partial charge >= 0.3 is 0 Å². The first-order valence-corrected chi connectivity index (χ1v) is 14.2. The van der Waals surface area contributed by atoms with Gasteiger partial charge in [0.2, 0.25) is 0 Å². The molecule has 7 heteroatoms. The minimum Gasteiger partial charge on any atom is -0.491 e. The Morgan fingerprint density at radius 2 is 1.79 bits per heavy atom. The molecular formula is C31H29ClN2O3S. The van der Waals surface area contributed by atoms with Crippen molar-refractivity contribution in [2.24, 2.45) is 0 Å². The van der Waals surface area contributed by atoms with E-state index in [2.05, 4.69) is 5.32 Å². The molecule has 0 fully saturated rings. The standard InChI is InChI=1S/C31H29ClN2O3S/c32-17-8-19-37-28-21-23(31(36)34-18-7-6-13-29-27(34)16-20-38-29)14-15-26(28)33-30(35)25-12-5-4-11-24(25)22-9-2-1-3-10-22/h1-5,9-12,14-16,20-21H,6-8,13,17-19H2,(H,33,35). The highest BCUT2D eigenvalue weighted by molar-refractivity contribution is 7.10. The number of benzene rings is 3. The first-order valence-electron chi connectivity index (χ1n) is 12.8. The molecule has 0 atom stereocenters. The van der Waals surface area contributed by atoms with Crippen LogP contribution >= 0.6 is 22.9 Å². The number of aryl methyl sites for hydroxylation is 1. The van der Waals surface area contributed by atoms with Crippen molar-refractivity contribution < 1.29 is 14.3 Å². The third-order valence-electron chi connectivity index (χ3n) is 6.56. The van der Waals surface area contributed by atoms with Crippen LogP contribution in [0.2, 0.25) is 0 Å². The number of rotatable bonds is 8. The Hall–Kier alpha value is -3.61. The molecule has 194 valence electrons. The summed E-state index contributed by atoms with van der Waals surface area (Å²) in [4.78, 5) is 30.2. The summed E-state index contributed by atoms with van der Waals surface area (Å²) < 4.78 is 6.02. The lowest BCUT2D eigenvalue weighted by Crippen LogP contribution is -2.31. The van der Waals surface area contributed by atoms with Crippen molar-refractivity contribution in [3.8, 4) is 16.9 Å². The summed E-state index contributed by atoms with van der Waals surface area (Å²) in [6.07, 6.45) is 3.67. The van der Waals surface area contributed by atoms with Crippen LogP contribution in [0.25, 0.3) is 11.1 Å². The van der Waals surface area contributed by atoms with Crippen molar-refractivity contribution in [2.45, 2.75) is 25.7 Å². The van der Waals surface area contributed by atoms with Gasteiger partial charge < -0.3 is 15.0 Å². The Morgan fingerprint density at radius 1 is 0.974 bits per heavy atom. The number of carbonyl (C=O) groups excluding carboxylic acids is 2. The van der Waals surface area contributed by atoms with Crippen molar-refractivity contribution in [2.75, 3.05) is 29.2 Å². The maximum atomic E-state index is 13.6. The number of anilines is 2. The van der Waals surface area contributed by atoms with Gasteiger partial charge in [0, 0.05) is 28.4 Å². The van der Waals surface area contributed by atoms with Gasteiger partial charge in [-0.1, -0.05) is 48.5 Å². The Balaban J connectivity index is 1.43. The number of thiophene rings is 1. The van der Waals surface area contributed by atoms with Crippen molar-refractivity contribution in [1.29, 1.82) is 0 Å². The van der Waals surface area contributed by atoms with E-state index in [1.54, 1.807) is 35.6 Å². The van der Waals surface area contributed by atoms with E-state index in [0.29, 0.717) is 48.0 Å². The second-order valence-corrected chi connectivity index (χ2v) is 10.5. The van der Waals surface area contributed by atoms with Gasteiger partial charge in [0.25, 0.3) is 11.8 Å². The number of halogens is 1. The smallest absolute Gasteiger partial charge is 0.258 e. The number of nitrogens with one attached hydrogen (secondary N) is 1. The lowest BCUT2D eigenvalue weighted by Gasteiger charge is -2.22. The summed E-state index contributed by atoms with van der Waals surface area (Å²) >= 11 is 7.57. The van der Waals surface area contributed by atoms with Crippen molar-refractivity contribution in [3.05, 3.63) is 100 Å². The number of nitrogens with zero attached hydrogens (tertiary/aromatic N) is 1. The predicted octanol–water partition coefficient (Wildman–Crippen LogP) is 7.66. The predicted molar refractivity (Wildman–Crippen MR) is 156 cm³/mol. The Labute approximate surface area is 232 Å². The Bertz CT molecular complexity index is 1420. The van der Waals surface area contributed by atoms with Crippen LogP contribution in [0.4, 0.5) is 11.4 Å². The highest BCUT2D eigenvalue weighted by atomic mass is 35.5. The van der Waals surface area contributed by atoms with E-state index in [9.17, 15) is 9.59 Å². The number of hydrogen-bond donors (Lipinski definition) is 1. The molecule has 3 aromatic carbocycles. The van der Waals surface area contributed by atoms with Crippen LogP contribution in [-0.4, -0.2) is 30.8 Å². The summed E-state index contributed by atoms with van der Waals surface area (Å²) in [5, 5.41) is 5.06. The van der Waals surface area contributed by atoms with Gasteiger partial charge in [0.1, 0.15) is 5.75 Å². The average molecular weight is 545 g/mol. The lowest BCUT2D eigenvalue weighted by molar-refractivity contribution is 0.0985. The van der Waals surface area contributed by atoms with Crippen molar-refractivity contribution >= 4 is 46.1 Å². The average Bonchev–Trinajstić information content (AvgIpc) is 3.33. The maximum absolute atomic E-state index is 13.6. The second kappa shape index (κ2) is 12.3. The fraction of sp³-hybridized carbons (Fsp3) is 0.226. The normalized spacial score (nSPS) is 12.9. The van der Waals surface area contributed by atoms with Gasteiger partial charge in [-0.2, -0.15) is 0 Å². The number of fused-ring (bicyclic) bond motifs is 1. The summed E-state index contributed by atoms with van der Waals surface area (Å²) in [7, 11) is 0. The molecule has 0 bridgehead atoms. The number of amides is 2. The van der Waals surface area contributed by atoms with Gasteiger partial charge in [0.15, 0.2) is 0 Å². The number of carbonyl (C=O) groups is 2. The second-order valence-electron chi connectivity index (χ2n) is 9.11. The molecule has 0 aliphatic carbocycles. The van der Waals surface area contributed by atoms with Crippen LogP contribution in [0.5, 0.6) is 5.75 Å². The fourth-order valence-electron chi connectivity index (χ4n) is 4.66. The molecule has 0 saturated heterocycles. The van der Waals surface area contributed by atoms with Crippen molar-refractivity contribution in [3.63, 3.8) is 0 Å². The van der Waals surface area contributed by atoms with Crippen molar-refractivity contribution in [1.82, 2.24) is 0 Å². The molecular weight excluding hydrogens is 516 g/mol. The molecule has 1 N–H and O–H groups in total. The van der Waals surface area contributed by atoms with Gasteiger partial charge in [0.05, 0.1) is 18.0 Å². The molecule has 5 rings (SSSR count). The summed E-state index contributed by atoms with van der Waals surface area (Å²) in [5.41, 5.74) is 4.39. The molecule has 0 unspecified atom stereocenters. The number of ether oxygens (including phenoxy) is 1. The van der Waals surface area contributed by atoms with E-state index in [-0.39, 0.29) is 11.8 Å². The first-order chi connectivity index (χ1) is 18.7. The molecule has 1 aliphatic rings. The minimum atomic E-state index is -0.249. The molecule has 2 heterocycles. The molecule has 0 spiro atoms. The molecule has 0 radical (unpaired) electrons. The van der Waals surface area contributed by atoms with Crippen LogP contribution in [0.15, 0.2) is 84.2 Å². The van der Waals surface area contributed by atoms with Gasteiger partial charge in [-0.25, -0.2) is 0 Å². The van der Waals surface area contributed by atoms with E-state index in [1.165, 1.54) is 4.88 Å². The van der Waals surface area contributed by atoms with E-state index in [0.717, 1.165) is 36.1 Å². The van der Waals surface area contributed by atoms with E-state index < -0.39 is 0 Å². The number of hydrogen-bond acceptors (Lipinski definition) is 4. The van der Waals surface area contributed by atoms with Gasteiger partial charge in [-0.05, 0) is 72.5 Å². The molecule has 2 amide bonds. The molecule has 1 aromatic heterocycles. The van der Waals surface area contributed by atoms with E-state index in [1.807, 2.05) is 64.9 Å². The molecule has 1 aliphatic heterocycles. The highest BCUT2D eigenvalue weighted by Gasteiger charge is 2.24. The topological polar surface area (TPSA) is 58.6 Å². The fourth-order valence-corrected chi connectivity index (χ4v) is 5.69. The zero-order chi connectivity index (χ0) is 26.3. The van der Waals surface area contributed by atoms with Crippen LogP contribution in [0.3, 0.4) is 0 Å². The van der Waals surface area contributed by atoms with E-state index >= 15 is 0 Å². The molecule has 0 saturated carbocycles. The van der Waals surface area contributed by atoms with Crippen LogP contribution in [0.1, 0.15) is 44.9 Å².